The van der Waals surface area contributed by atoms with Crippen LogP contribution >= 0.6 is 12.2 Å². The van der Waals surface area contributed by atoms with Crippen LogP contribution < -0.4 is 15.9 Å². The number of rotatable bonds is 4. The number of aromatic nitrogens is 2. The summed E-state index contributed by atoms with van der Waals surface area (Å²) < 4.78 is 1.51. The van der Waals surface area contributed by atoms with Gasteiger partial charge >= 0.3 is 0 Å². The molecule has 0 saturated carbocycles. The maximum absolute atomic E-state index is 13.1. The summed E-state index contributed by atoms with van der Waals surface area (Å²) in [6, 6.07) is 17.4. The summed E-state index contributed by atoms with van der Waals surface area (Å²) in [5.41, 5.74) is 4.83. The third-order valence-corrected chi connectivity index (χ3v) is 4.83. The number of fused-ring (bicyclic) bond motifs is 1. The minimum absolute atomic E-state index is 0.118. The Morgan fingerprint density at radius 3 is 2.50 bits per heavy atom. The van der Waals surface area contributed by atoms with Gasteiger partial charge in [-0.1, -0.05) is 54.7 Å². The van der Waals surface area contributed by atoms with Crippen LogP contribution in [0.1, 0.15) is 18.4 Å². The number of benzene rings is 2. The molecule has 0 radical (unpaired) electrons. The van der Waals surface area contributed by atoms with Crippen molar-refractivity contribution in [2.24, 2.45) is 0 Å². The molecule has 1 saturated heterocycles. The van der Waals surface area contributed by atoms with Gasteiger partial charge in [0.15, 0.2) is 0 Å². The Hall–Kier alpha value is -2.73. The standard InChI is InChI=1S/C20H20N4OS/c25-19-16-10-4-5-11-17(16)21-20(23-12-6-7-13-23)24(19)22-18(26)14-15-8-2-1-3-9-15/h1-5,8-11H,6-7,12-14H2,(H,22,26). The molecular formula is C20H20N4OS. The summed E-state index contributed by atoms with van der Waals surface area (Å²) >= 11 is 5.52. The van der Waals surface area contributed by atoms with Gasteiger partial charge in [-0.2, -0.15) is 4.68 Å². The van der Waals surface area contributed by atoms with E-state index in [-0.39, 0.29) is 5.56 Å². The van der Waals surface area contributed by atoms with E-state index in [1.54, 1.807) is 6.07 Å². The lowest BCUT2D eigenvalue weighted by atomic mass is 10.1. The van der Waals surface area contributed by atoms with Crippen molar-refractivity contribution in [3.63, 3.8) is 0 Å². The van der Waals surface area contributed by atoms with Crippen molar-refractivity contribution in [3.05, 3.63) is 70.5 Å². The maximum atomic E-state index is 13.1. The van der Waals surface area contributed by atoms with Crippen LogP contribution in [0.4, 0.5) is 5.95 Å². The first kappa shape index (κ1) is 16.7. The number of hydrogen-bond acceptors (Lipinski definition) is 4. The van der Waals surface area contributed by atoms with Gasteiger partial charge in [0.2, 0.25) is 5.95 Å². The fourth-order valence-corrected chi connectivity index (χ4v) is 3.55. The molecule has 4 rings (SSSR count). The van der Waals surface area contributed by atoms with E-state index in [1.807, 2.05) is 48.5 Å². The predicted octanol–water partition coefficient (Wildman–Crippen LogP) is 3.11. The van der Waals surface area contributed by atoms with Crippen LogP contribution in [0.2, 0.25) is 0 Å². The van der Waals surface area contributed by atoms with E-state index in [4.69, 9.17) is 17.2 Å². The lowest BCUT2D eigenvalue weighted by Crippen LogP contribution is -2.38. The molecule has 6 heteroatoms. The molecule has 1 aliphatic rings. The first-order valence-corrected chi connectivity index (χ1v) is 9.24. The highest BCUT2D eigenvalue weighted by Gasteiger charge is 2.20. The van der Waals surface area contributed by atoms with Crippen LogP contribution in [0.5, 0.6) is 0 Å². The Balaban J connectivity index is 1.72. The molecule has 1 aromatic heterocycles. The molecule has 0 bridgehead atoms. The van der Waals surface area contributed by atoms with Gasteiger partial charge in [0.25, 0.3) is 5.56 Å². The largest absolute Gasteiger partial charge is 0.341 e. The zero-order valence-electron chi connectivity index (χ0n) is 14.4. The van der Waals surface area contributed by atoms with Gasteiger partial charge < -0.3 is 4.90 Å². The Kier molecular flexibility index (Phi) is 4.67. The van der Waals surface area contributed by atoms with Crippen molar-refractivity contribution in [1.29, 1.82) is 0 Å². The second kappa shape index (κ2) is 7.25. The first-order chi connectivity index (χ1) is 12.7. The van der Waals surface area contributed by atoms with Gasteiger partial charge in [-0.05, 0) is 30.5 Å². The summed E-state index contributed by atoms with van der Waals surface area (Å²) in [7, 11) is 0. The molecule has 0 amide bonds. The topological polar surface area (TPSA) is 50.2 Å². The molecule has 1 N–H and O–H groups in total. The van der Waals surface area contributed by atoms with Crippen LogP contribution in [0, 0.1) is 0 Å². The van der Waals surface area contributed by atoms with Crippen LogP contribution in [-0.2, 0) is 6.42 Å². The minimum atomic E-state index is -0.118. The molecule has 2 aromatic carbocycles. The summed E-state index contributed by atoms with van der Waals surface area (Å²) in [5, 5.41) is 0.588. The molecule has 3 aromatic rings. The molecule has 2 heterocycles. The normalized spacial score (nSPS) is 13.9. The molecule has 1 fully saturated rings. The molecular weight excluding hydrogens is 344 g/mol. The number of para-hydroxylation sites is 1. The summed E-state index contributed by atoms with van der Waals surface area (Å²) in [5.74, 6) is 0.640. The average Bonchev–Trinajstić information content (AvgIpc) is 3.19. The van der Waals surface area contributed by atoms with Crippen molar-refractivity contribution in [2.75, 3.05) is 23.4 Å². The van der Waals surface area contributed by atoms with Crippen molar-refractivity contribution < 1.29 is 0 Å². The zero-order valence-corrected chi connectivity index (χ0v) is 15.2. The third kappa shape index (κ3) is 3.32. The molecule has 0 atom stereocenters. The van der Waals surface area contributed by atoms with Crippen LogP contribution in [-0.4, -0.2) is 27.7 Å². The van der Waals surface area contributed by atoms with Crippen LogP contribution in [0.15, 0.2) is 59.4 Å². The molecule has 0 spiro atoms. The van der Waals surface area contributed by atoms with E-state index >= 15 is 0 Å². The third-order valence-electron chi connectivity index (χ3n) is 4.59. The fraction of sp³-hybridized carbons (Fsp3) is 0.250. The van der Waals surface area contributed by atoms with Gasteiger partial charge in [0.1, 0.15) is 0 Å². The number of hydrogen-bond donors (Lipinski definition) is 1. The highest BCUT2D eigenvalue weighted by Crippen LogP contribution is 2.19. The summed E-state index contributed by atoms with van der Waals surface area (Å²) in [4.78, 5) is 20.6. The molecule has 26 heavy (non-hydrogen) atoms. The van der Waals surface area contributed by atoms with E-state index in [9.17, 15) is 4.79 Å². The lowest BCUT2D eigenvalue weighted by Gasteiger charge is -2.22. The van der Waals surface area contributed by atoms with E-state index in [1.165, 1.54) is 4.68 Å². The van der Waals surface area contributed by atoms with Gasteiger partial charge in [0.05, 0.1) is 15.9 Å². The Morgan fingerprint density at radius 1 is 1.04 bits per heavy atom. The Bertz CT molecular complexity index is 994. The quantitative estimate of drug-likeness (QED) is 0.721. The number of thiocarbonyl (C=S) groups is 1. The number of nitrogens with zero attached hydrogens (tertiary/aromatic N) is 3. The van der Waals surface area contributed by atoms with Crippen LogP contribution in [0.3, 0.4) is 0 Å². The zero-order chi connectivity index (χ0) is 17.9. The maximum Gasteiger partial charge on any atom is 0.281 e. The lowest BCUT2D eigenvalue weighted by molar-refractivity contribution is 0.807. The smallest absolute Gasteiger partial charge is 0.281 e. The van der Waals surface area contributed by atoms with Crippen molar-refractivity contribution >= 4 is 34.1 Å². The van der Waals surface area contributed by atoms with Crippen LogP contribution in [0.25, 0.3) is 10.9 Å². The van der Waals surface area contributed by atoms with Gasteiger partial charge in [0, 0.05) is 19.5 Å². The summed E-state index contributed by atoms with van der Waals surface area (Å²) in [6.07, 6.45) is 2.79. The van der Waals surface area contributed by atoms with E-state index in [0.717, 1.165) is 31.5 Å². The Labute approximate surface area is 157 Å². The van der Waals surface area contributed by atoms with E-state index < -0.39 is 0 Å². The second-order valence-electron chi connectivity index (χ2n) is 6.46. The number of nitrogens with one attached hydrogen (secondary N) is 1. The molecule has 5 nitrogen and oxygen atoms in total. The summed E-state index contributed by atoms with van der Waals surface area (Å²) in [6.45, 7) is 1.80. The van der Waals surface area contributed by atoms with Crippen molar-refractivity contribution in [2.45, 2.75) is 19.3 Å². The van der Waals surface area contributed by atoms with E-state index in [0.29, 0.717) is 28.3 Å². The highest BCUT2D eigenvalue weighted by atomic mass is 32.1. The fourth-order valence-electron chi connectivity index (χ4n) is 3.30. The molecule has 132 valence electrons. The van der Waals surface area contributed by atoms with Gasteiger partial charge in [-0.15, -0.1) is 0 Å². The predicted molar refractivity (Wildman–Crippen MR) is 110 cm³/mol. The highest BCUT2D eigenvalue weighted by molar-refractivity contribution is 7.80. The average molecular weight is 364 g/mol. The SMILES string of the molecule is O=c1c2ccccc2nc(N2CCCC2)n1NC(=S)Cc1ccccc1. The molecule has 0 aliphatic carbocycles. The Morgan fingerprint density at radius 2 is 1.73 bits per heavy atom. The monoisotopic (exact) mass is 364 g/mol. The van der Waals surface area contributed by atoms with Crippen molar-refractivity contribution in [3.8, 4) is 0 Å². The van der Waals surface area contributed by atoms with Gasteiger partial charge in [-0.25, -0.2) is 4.98 Å². The van der Waals surface area contributed by atoms with Gasteiger partial charge in [-0.3, -0.25) is 10.2 Å². The number of anilines is 1. The van der Waals surface area contributed by atoms with Crippen molar-refractivity contribution in [1.82, 2.24) is 9.66 Å². The molecule has 0 unspecified atom stereocenters. The first-order valence-electron chi connectivity index (χ1n) is 8.83. The molecule has 1 aliphatic heterocycles. The second-order valence-corrected chi connectivity index (χ2v) is 6.95. The minimum Gasteiger partial charge on any atom is -0.341 e. The van der Waals surface area contributed by atoms with E-state index in [2.05, 4.69) is 10.3 Å².